The van der Waals surface area contributed by atoms with Crippen LogP contribution < -0.4 is 0 Å². The van der Waals surface area contributed by atoms with E-state index < -0.39 is 0 Å². The van der Waals surface area contributed by atoms with Gasteiger partial charge in [0.2, 0.25) is 0 Å². The topological polar surface area (TPSA) is 34.1 Å². The molecular formula is Ce2O2Zr. The van der Waals surface area contributed by atoms with E-state index in [0.717, 1.165) is 0 Å². The van der Waals surface area contributed by atoms with Crippen molar-refractivity contribution in [2.75, 3.05) is 0 Å². The first-order chi connectivity index (χ1) is 2.00. The third kappa shape index (κ3) is 18.9. The molecular weight excluding hydrogens is 403 g/mol. The van der Waals surface area contributed by atoms with Gasteiger partial charge in [-0.2, -0.15) is 0 Å². The molecule has 0 N–H and O–H groups in total. The van der Waals surface area contributed by atoms with Gasteiger partial charge in [0, 0.05) is 41.7 Å². The molecule has 0 saturated heterocycles. The molecule has 0 aliphatic rings. The summed E-state index contributed by atoms with van der Waals surface area (Å²) in [5.74, 6) is 0. The summed E-state index contributed by atoms with van der Waals surface area (Å²) >= 11 is 0.356. The predicted molar refractivity (Wildman–Crippen MR) is 1.37 cm³/mol. The zero-order valence-electron chi connectivity index (χ0n) is 2.32. The molecule has 0 saturated carbocycles. The Labute approximate surface area is 107 Å². The molecule has 0 bridgehead atoms. The quantitative estimate of drug-likeness (QED) is 0.560. The first-order valence-electron chi connectivity index (χ1n) is 0.408. The van der Waals surface area contributed by atoms with Crippen molar-refractivity contribution < 1.29 is 110 Å². The van der Waals surface area contributed by atoms with Crippen LogP contribution in [0.25, 0.3) is 0 Å². The van der Waals surface area contributed by atoms with Crippen molar-refractivity contribution >= 4 is 0 Å². The second-order valence-electron chi connectivity index (χ2n) is 0. The van der Waals surface area contributed by atoms with Crippen LogP contribution in [0, 0.1) is 81.5 Å². The Morgan fingerprint density at radius 2 is 1.20 bits per heavy atom. The average Bonchev–Trinajstić information content (AvgIpc) is 1.50. The molecule has 0 aromatic carbocycles. The van der Waals surface area contributed by atoms with E-state index in [0.29, 0.717) is 24.7 Å². The summed E-state index contributed by atoms with van der Waals surface area (Å²) < 4.78 is 16.7. The molecule has 0 aliphatic heterocycles. The second kappa shape index (κ2) is 26.9. The Balaban J connectivity index is -0.0000000133. The maximum atomic E-state index is 8.39. The van der Waals surface area contributed by atoms with Gasteiger partial charge >= 0.3 is 68.2 Å². The van der Waals surface area contributed by atoms with Crippen molar-refractivity contribution in [2.24, 2.45) is 0 Å². The molecule has 0 heterocycles. The van der Waals surface area contributed by atoms with Crippen LogP contribution in [0.3, 0.4) is 0 Å². The zero-order valence-corrected chi connectivity index (χ0v) is 11.1. The predicted octanol–water partition coefficient (Wildman–Crippen LogP) is -0.240. The van der Waals surface area contributed by atoms with Crippen molar-refractivity contribution in [1.29, 1.82) is 0 Å². The maximum absolute atomic E-state index is 8.39. The van der Waals surface area contributed by atoms with Gasteiger partial charge in [0.25, 0.3) is 0 Å². The van der Waals surface area contributed by atoms with Crippen molar-refractivity contribution in [2.45, 2.75) is 0 Å². The van der Waals surface area contributed by atoms with Crippen LogP contribution in [0.1, 0.15) is 0 Å². The Morgan fingerprint density at radius 3 is 1.20 bits per heavy atom. The van der Waals surface area contributed by atoms with Gasteiger partial charge < -0.3 is 0 Å². The van der Waals surface area contributed by atoms with Crippen LogP contribution >= 0.6 is 0 Å². The second-order valence-corrected chi connectivity index (χ2v) is 0. The summed E-state index contributed by atoms with van der Waals surface area (Å²) in [6.07, 6.45) is 0. The molecule has 0 unspecified atom stereocenters. The van der Waals surface area contributed by atoms with Gasteiger partial charge in [0.05, 0.1) is 0 Å². The van der Waals surface area contributed by atoms with Gasteiger partial charge in [0.15, 0.2) is 0 Å². The Hall–Kier alpha value is 3.24. The van der Waals surface area contributed by atoms with Crippen LogP contribution in [0.15, 0.2) is 0 Å². The minimum absolute atomic E-state index is 0. The summed E-state index contributed by atoms with van der Waals surface area (Å²) in [4.78, 5) is 0. The van der Waals surface area contributed by atoms with Gasteiger partial charge in [0.1, 0.15) is 0 Å². The third-order valence-electron chi connectivity index (χ3n) is 0. The molecule has 0 radical (unpaired) electrons. The van der Waals surface area contributed by atoms with Crippen LogP contribution in [0.4, 0.5) is 0 Å². The molecule has 0 aliphatic carbocycles. The number of hydrogen-bond acceptors (Lipinski definition) is 2. The SMILES string of the molecule is [Ce].[O]=[Ce].[O]=[Zr]. The molecule has 0 spiro atoms. The van der Waals surface area contributed by atoms with Gasteiger partial charge in [-0.3, -0.25) is 0 Å². The molecule has 0 fully saturated rings. The molecule has 0 atom stereocenters. The Morgan fingerprint density at radius 1 is 1.20 bits per heavy atom. The van der Waals surface area contributed by atoms with Gasteiger partial charge in [-0.05, 0) is 0 Å². The molecule has 5 heavy (non-hydrogen) atoms. The van der Waals surface area contributed by atoms with E-state index in [9.17, 15) is 0 Å². The molecule has 0 amide bonds. The summed E-state index contributed by atoms with van der Waals surface area (Å²) in [5, 5.41) is 0. The van der Waals surface area contributed by atoms with Crippen LogP contribution in [0.5, 0.6) is 0 Å². The summed E-state index contributed by atoms with van der Waals surface area (Å²) in [6.45, 7) is 0. The van der Waals surface area contributed by atoms with E-state index in [-0.39, 0.29) is 81.5 Å². The van der Waals surface area contributed by atoms with Crippen molar-refractivity contribution in [3.05, 3.63) is 0 Å². The minimum atomic E-state index is 0. The molecule has 5 heteroatoms. The zero-order chi connectivity index (χ0) is 4.00. The van der Waals surface area contributed by atoms with E-state index >= 15 is 0 Å². The first kappa shape index (κ1) is 15.7. The van der Waals surface area contributed by atoms with E-state index in [1.54, 1.807) is 0 Å². The molecule has 0 aromatic rings. The third-order valence-corrected chi connectivity index (χ3v) is 0. The van der Waals surface area contributed by atoms with Crippen molar-refractivity contribution in [3.8, 4) is 0 Å². The van der Waals surface area contributed by atoms with Crippen molar-refractivity contribution in [1.82, 2.24) is 0 Å². The number of rotatable bonds is 0. The van der Waals surface area contributed by atoms with Crippen LogP contribution in [-0.4, -0.2) is 0 Å². The van der Waals surface area contributed by atoms with Gasteiger partial charge in [-0.25, -0.2) is 0 Å². The standard InChI is InChI=1S/2Ce.2O.Zr. The Kier molecular flexibility index (Phi) is 84.5. The monoisotopic (exact) mass is 402 g/mol. The number of hydrogen-bond donors (Lipinski definition) is 0. The molecule has 0 rings (SSSR count). The molecule has 24 valence electrons. The van der Waals surface area contributed by atoms with Crippen LogP contribution in [0.2, 0.25) is 0 Å². The molecule has 2 nitrogen and oxygen atoms in total. The first-order valence-corrected chi connectivity index (χ1v) is 2.69. The fourth-order valence-electron chi connectivity index (χ4n) is 0. The van der Waals surface area contributed by atoms with E-state index in [4.69, 9.17) is 3.75 Å². The summed E-state index contributed by atoms with van der Waals surface area (Å²) in [7, 11) is 0. The van der Waals surface area contributed by atoms with E-state index in [1.807, 2.05) is 0 Å². The summed E-state index contributed by atoms with van der Waals surface area (Å²) in [5.41, 5.74) is 0. The van der Waals surface area contributed by atoms with Gasteiger partial charge in [-0.1, -0.05) is 0 Å². The fraction of sp³-hybridized carbons (Fsp3) is 0. The fourth-order valence-corrected chi connectivity index (χ4v) is 0. The summed E-state index contributed by atoms with van der Waals surface area (Å²) in [6, 6.07) is 0. The van der Waals surface area contributed by atoms with Crippen LogP contribution in [-0.2, 0) is 28.5 Å². The van der Waals surface area contributed by atoms with E-state index in [2.05, 4.69) is 0 Å². The Bertz CT molecular complexity index is 9.61. The normalized spacial score (nSPS) is 1.20. The van der Waals surface area contributed by atoms with Gasteiger partial charge in [-0.15, -0.1) is 0 Å². The van der Waals surface area contributed by atoms with E-state index in [1.165, 1.54) is 0 Å². The average molecular weight is 403 g/mol. The van der Waals surface area contributed by atoms with Crippen molar-refractivity contribution in [3.63, 3.8) is 0 Å². The molecule has 0 aromatic heterocycles.